The molecule has 0 atom stereocenters. The summed E-state index contributed by atoms with van der Waals surface area (Å²) in [5.41, 5.74) is 3.60. The normalized spacial score (nSPS) is 10.3. The molecule has 4 heteroatoms. The van der Waals surface area contributed by atoms with Gasteiger partial charge in [0.2, 0.25) is 11.8 Å². The summed E-state index contributed by atoms with van der Waals surface area (Å²) < 4.78 is 0. The van der Waals surface area contributed by atoms with Crippen LogP contribution in [0.15, 0.2) is 84.9 Å². The van der Waals surface area contributed by atoms with Crippen molar-refractivity contribution in [1.82, 2.24) is 0 Å². The van der Waals surface area contributed by atoms with Gasteiger partial charge in [0.15, 0.2) is 0 Å². The van der Waals surface area contributed by atoms with Crippen LogP contribution in [0.3, 0.4) is 0 Å². The molecule has 0 aliphatic heterocycles. The molecule has 0 aromatic heterocycles. The molecular formula is C24H24N2O2. The Labute approximate surface area is 165 Å². The number of para-hydroxylation sites is 2. The molecule has 0 spiro atoms. The summed E-state index contributed by atoms with van der Waals surface area (Å²) >= 11 is 0. The highest BCUT2D eigenvalue weighted by molar-refractivity contribution is 6.09. The molecule has 0 bridgehead atoms. The average molecular weight is 372 g/mol. The first-order valence-electron chi connectivity index (χ1n) is 9.44. The van der Waals surface area contributed by atoms with Crippen LogP contribution in [0.2, 0.25) is 0 Å². The molecule has 142 valence electrons. The molecule has 0 unspecified atom stereocenters. The van der Waals surface area contributed by atoms with E-state index >= 15 is 0 Å². The Morgan fingerprint density at radius 1 is 0.821 bits per heavy atom. The maximum Gasteiger partial charge on any atom is 0.236 e. The maximum absolute atomic E-state index is 13.0. The third kappa shape index (κ3) is 5.07. The maximum atomic E-state index is 13.0. The minimum atomic E-state index is -0.306. The van der Waals surface area contributed by atoms with Crippen LogP contribution in [-0.4, -0.2) is 11.8 Å². The zero-order chi connectivity index (χ0) is 19.8. The Morgan fingerprint density at radius 3 is 2.11 bits per heavy atom. The van der Waals surface area contributed by atoms with Gasteiger partial charge in [-0.25, -0.2) is 0 Å². The third-order valence-corrected chi connectivity index (χ3v) is 4.54. The first-order chi connectivity index (χ1) is 13.7. The highest BCUT2D eigenvalue weighted by Gasteiger charge is 2.20. The number of rotatable bonds is 7. The van der Waals surface area contributed by atoms with Crippen molar-refractivity contribution >= 4 is 23.2 Å². The molecule has 0 aliphatic carbocycles. The largest absolute Gasteiger partial charge is 0.325 e. The number of nitrogens with one attached hydrogen (secondary N) is 1. The molecule has 1 N–H and O–H groups in total. The van der Waals surface area contributed by atoms with Crippen molar-refractivity contribution in [2.45, 2.75) is 26.3 Å². The van der Waals surface area contributed by atoms with Crippen molar-refractivity contribution in [3.05, 3.63) is 96.1 Å². The molecule has 28 heavy (non-hydrogen) atoms. The van der Waals surface area contributed by atoms with Gasteiger partial charge >= 0.3 is 0 Å². The van der Waals surface area contributed by atoms with E-state index in [-0.39, 0.29) is 18.2 Å². The van der Waals surface area contributed by atoms with E-state index in [1.54, 1.807) is 4.90 Å². The quantitative estimate of drug-likeness (QED) is 0.605. The molecule has 0 aliphatic rings. The third-order valence-electron chi connectivity index (χ3n) is 4.54. The first kappa shape index (κ1) is 19.4. The highest BCUT2D eigenvalue weighted by atomic mass is 16.2. The summed E-state index contributed by atoms with van der Waals surface area (Å²) in [5, 5.41) is 2.88. The van der Waals surface area contributed by atoms with Crippen LogP contribution >= 0.6 is 0 Å². The van der Waals surface area contributed by atoms with Crippen molar-refractivity contribution in [3.8, 4) is 0 Å². The Balaban J connectivity index is 1.74. The second-order valence-electron chi connectivity index (χ2n) is 6.54. The summed E-state index contributed by atoms with van der Waals surface area (Å²) in [5.74, 6) is -0.540. The summed E-state index contributed by atoms with van der Waals surface area (Å²) in [6.07, 6.45) is 0.605. The van der Waals surface area contributed by atoms with Crippen LogP contribution in [0.25, 0.3) is 0 Å². The molecule has 0 heterocycles. The van der Waals surface area contributed by atoms with Crippen LogP contribution < -0.4 is 10.2 Å². The zero-order valence-electron chi connectivity index (χ0n) is 16.0. The van der Waals surface area contributed by atoms with E-state index in [1.165, 1.54) is 0 Å². The second kappa shape index (κ2) is 9.51. The predicted molar refractivity (Wildman–Crippen MR) is 113 cm³/mol. The summed E-state index contributed by atoms with van der Waals surface area (Å²) in [6, 6.07) is 26.9. The van der Waals surface area contributed by atoms with Crippen molar-refractivity contribution in [2.75, 3.05) is 10.2 Å². The molecule has 0 fully saturated rings. The van der Waals surface area contributed by atoms with E-state index in [4.69, 9.17) is 0 Å². The van der Waals surface area contributed by atoms with Crippen LogP contribution in [-0.2, 0) is 22.6 Å². The standard InChI is InChI=1S/C24H24N2O2/c1-2-20-13-9-10-16-22(20)25-23(27)17-24(28)26(21-14-7-4-8-15-21)18-19-11-5-3-6-12-19/h3-16H,2,17-18H2,1H3,(H,25,27). The lowest BCUT2D eigenvalue weighted by atomic mass is 10.1. The van der Waals surface area contributed by atoms with Crippen molar-refractivity contribution in [1.29, 1.82) is 0 Å². The molecule has 4 nitrogen and oxygen atoms in total. The van der Waals surface area contributed by atoms with Gasteiger partial charge in [0.05, 0.1) is 6.54 Å². The number of nitrogens with zero attached hydrogens (tertiary/aromatic N) is 1. The van der Waals surface area contributed by atoms with Gasteiger partial charge in [0, 0.05) is 11.4 Å². The molecule has 0 saturated heterocycles. The van der Waals surface area contributed by atoms with Gasteiger partial charge in [-0.2, -0.15) is 0 Å². The van der Waals surface area contributed by atoms with Crippen LogP contribution in [0.1, 0.15) is 24.5 Å². The lowest BCUT2D eigenvalue weighted by molar-refractivity contribution is -0.125. The number of aryl methyl sites for hydroxylation is 1. The van der Waals surface area contributed by atoms with Gasteiger partial charge in [0.25, 0.3) is 0 Å². The lowest BCUT2D eigenvalue weighted by Gasteiger charge is -2.23. The minimum absolute atomic E-state index is 0.209. The Hall–Kier alpha value is -3.40. The van der Waals surface area contributed by atoms with Gasteiger partial charge in [0.1, 0.15) is 6.42 Å². The van der Waals surface area contributed by atoms with Crippen LogP contribution in [0, 0.1) is 0 Å². The summed E-state index contributed by atoms with van der Waals surface area (Å²) in [6.45, 7) is 2.45. The van der Waals surface area contributed by atoms with Crippen LogP contribution in [0.5, 0.6) is 0 Å². The Morgan fingerprint density at radius 2 is 1.43 bits per heavy atom. The first-order valence-corrected chi connectivity index (χ1v) is 9.44. The lowest BCUT2D eigenvalue weighted by Crippen LogP contribution is -2.33. The SMILES string of the molecule is CCc1ccccc1NC(=O)CC(=O)N(Cc1ccccc1)c1ccccc1. The zero-order valence-corrected chi connectivity index (χ0v) is 16.0. The van der Waals surface area contributed by atoms with Gasteiger partial charge in [-0.05, 0) is 35.7 Å². The number of carbonyl (C=O) groups is 2. The molecule has 3 rings (SSSR count). The number of hydrogen-bond acceptors (Lipinski definition) is 2. The monoisotopic (exact) mass is 372 g/mol. The molecular weight excluding hydrogens is 348 g/mol. The van der Waals surface area contributed by atoms with E-state index in [9.17, 15) is 9.59 Å². The van der Waals surface area contributed by atoms with E-state index in [1.807, 2.05) is 91.9 Å². The van der Waals surface area contributed by atoms with E-state index in [0.717, 1.165) is 28.9 Å². The fourth-order valence-corrected chi connectivity index (χ4v) is 3.08. The summed E-state index contributed by atoms with van der Waals surface area (Å²) in [7, 11) is 0. The highest BCUT2D eigenvalue weighted by Crippen LogP contribution is 2.19. The van der Waals surface area contributed by atoms with Crippen molar-refractivity contribution in [3.63, 3.8) is 0 Å². The average Bonchev–Trinajstić information content (AvgIpc) is 2.73. The van der Waals surface area contributed by atoms with E-state index in [2.05, 4.69) is 5.32 Å². The molecule has 0 saturated carbocycles. The van der Waals surface area contributed by atoms with E-state index in [0.29, 0.717) is 6.54 Å². The molecule has 3 aromatic rings. The molecule has 3 aromatic carbocycles. The van der Waals surface area contributed by atoms with E-state index < -0.39 is 0 Å². The van der Waals surface area contributed by atoms with Crippen molar-refractivity contribution in [2.24, 2.45) is 0 Å². The predicted octanol–water partition coefficient (Wildman–Crippen LogP) is 4.81. The Kier molecular flexibility index (Phi) is 6.58. The van der Waals surface area contributed by atoms with Gasteiger partial charge < -0.3 is 10.2 Å². The number of hydrogen-bond donors (Lipinski definition) is 1. The number of carbonyl (C=O) groups excluding carboxylic acids is 2. The van der Waals surface area contributed by atoms with Gasteiger partial charge in [-0.3, -0.25) is 9.59 Å². The Bertz CT molecular complexity index is 924. The fraction of sp³-hybridized carbons (Fsp3) is 0.167. The molecule has 0 radical (unpaired) electrons. The topological polar surface area (TPSA) is 49.4 Å². The smallest absolute Gasteiger partial charge is 0.236 e. The number of benzene rings is 3. The number of anilines is 2. The molecule has 2 amide bonds. The summed E-state index contributed by atoms with van der Waals surface area (Å²) in [4.78, 5) is 27.1. The van der Waals surface area contributed by atoms with Gasteiger partial charge in [-0.1, -0.05) is 73.7 Å². The van der Waals surface area contributed by atoms with Gasteiger partial charge in [-0.15, -0.1) is 0 Å². The fourth-order valence-electron chi connectivity index (χ4n) is 3.08. The second-order valence-corrected chi connectivity index (χ2v) is 6.54. The van der Waals surface area contributed by atoms with Crippen molar-refractivity contribution < 1.29 is 9.59 Å². The van der Waals surface area contributed by atoms with Crippen LogP contribution in [0.4, 0.5) is 11.4 Å². The minimum Gasteiger partial charge on any atom is -0.325 e. The number of amides is 2.